The summed E-state index contributed by atoms with van der Waals surface area (Å²) in [7, 11) is 0. The second kappa shape index (κ2) is 10.0. The van der Waals surface area contributed by atoms with E-state index in [1.54, 1.807) is 18.7 Å². The number of aryl methyl sites for hydroxylation is 1. The van der Waals surface area contributed by atoms with Gasteiger partial charge in [0.05, 0.1) is 0 Å². The number of nitrogens with zero attached hydrogens (tertiary/aromatic N) is 2. The Labute approximate surface area is 182 Å². The van der Waals surface area contributed by atoms with Crippen LogP contribution in [0.3, 0.4) is 0 Å². The van der Waals surface area contributed by atoms with E-state index < -0.39 is 29.1 Å². The topological polar surface area (TPSA) is 52.6 Å². The minimum absolute atomic E-state index is 0.226. The molecule has 2 amide bonds. The third kappa shape index (κ3) is 5.47. The quantitative estimate of drug-likeness (QED) is 0.766. The summed E-state index contributed by atoms with van der Waals surface area (Å²) in [5.74, 6) is -3.26. The van der Waals surface area contributed by atoms with Gasteiger partial charge in [-0.1, -0.05) is 44.2 Å². The van der Waals surface area contributed by atoms with E-state index in [-0.39, 0.29) is 11.8 Å². The highest BCUT2D eigenvalue weighted by Crippen LogP contribution is 2.16. The Morgan fingerprint density at radius 3 is 2.16 bits per heavy atom. The summed E-state index contributed by atoms with van der Waals surface area (Å²) < 4.78 is 27.9. The van der Waals surface area contributed by atoms with Crippen molar-refractivity contribution in [3.8, 4) is 0 Å². The van der Waals surface area contributed by atoms with Gasteiger partial charge in [-0.3, -0.25) is 14.5 Å². The highest BCUT2D eigenvalue weighted by atomic mass is 19.1. The number of hydrogen-bond acceptors (Lipinski definition) is 3. The number of benzene rings is 2. The number of rotatable bonds is 6. The van der Waals surface area contributed by atoms with E-state index in [0.717, 1.165) is 31.8 Å². The zero-order chi connectivity index (χ0) is 22.5. The lowest BCUT2D eigenvalue weighted by Gasteiger charge is -2.37. The number of nitrogens with one attached hydrogen (secondary N) is 1. The molecule has 1 aliphatic rings. The minimum Gasteiger partial charge on any atom is -0.340 e. The van der Waals surface area contributed by atoms with Crippen LogP contribution < -0.4 is 5.32 Å². The summed E-state index contributed by atoms with van der Waals surface area (Å²) in [6.45, 7) is 9.04. The number of halogens is 2. The third-order valence-corrected chi connectivity index (χ3v) is 5.75. The first-order chi connectivity index (χ1) is 14.8. The highest BCUT2D eigenvalue weighted by molar-refractivity contribution is 5.98. The Morgan fingerprint density at radius 2 is 1.58 bits per heavy atom. The second-order valence-corrected chi connectivity index (χ2v) is 8.32. The van der Waals surface area contributed by atoms with Crippen LogP contribution in [0.25, 0.3) is 0 Å². The van der Waals surface area contributed by atoms with E-state index >= 15 is 0 Å². The van der Waals surface area contributed by atoms with Crippen molar-refractivity contribution in [2.24, 2.45) is 5.92 Å². The van der Waals surface area contributed by atoms with Gasteiger partial charge >= 0.3 is 0 Å². The van der Waals surface area contributed by atoms with Crippen molar-refractivity contribution in [2.75, 3.05) is 26.2 Å². The Kier molecular flexibility index (Phi) is 7.38. The van der Waals surface area contributed by atoms with Crippen molar-refractivity contribution in [1.82, 2.24) is 15.1 Å². The van der Waals surface area contributed by atoms with Crippen molar-refractivity contribution < 1.29 is 18.4 Å². The van der Waals surface area contributed by atoms with E-state index in [2.05, 4.69) is 29.3 Å². The summed E-state index contributed by atoms with van der Waals surface area (Å²) in [4.78, 5) is 29.6. The minimum atomic E-state index is -0.947. The van der Waals surface area contributed by atoms with E-state index in [1.165, 1.54) is 17.2 Å². The van der Waals surface area contributed by atoms with E-state index in [0.29, 0.717) is 13.1 Å². The zero-order valence-electron chi connectivity index (χ0n) is 18.2. The zero-order valence-corrected chi connectivity index (χ0v) is 18.2. The Balaban J connectivity index is 1.62. The molecule has 1 N–H and O–H groups in total. The van der Waals surface area contributed by atoms with Crippen LogP contribution in [0.1, 0.15) is 35.3 Å². The molecule has 7 heteroatoms. The van der Waals surface area contributed by atoms with Gasteiger partial charge in [-0.15, -0.1) is 0 Å². The normalized spacial score (nSPS) is 15.7. The molecule has 0 spiro atoms. The molecule has 5 nitrogen and oxygen atoms in total. The van der Waals surface area contributed by atoms with Crippen LogP contribution >= 0.6 is 0 Å². The summed E-state index contributed by atoms with van der Waals surface area (Å²) in [6.07, 6.45) is 0. The molecule has 0 radical (unpaired) electrons. The molecule has 0 bridgehead atoms. The molecule has 1 saturated heterocycles. The largest absolute Gasteiger partial charge is 0.340 e. The molecule has 3 rings (SSSR count). The maximum atomic E-state index is 14.0. The van der Waals surface area contributed by atoms with Crippen LogP contribution in [-0.2, 0) is 11.3 Å². The Bertz CT molecular complexity index is 920. The predicted molar refractivity (Wildman–Crippen MR) is 115 cm³/mol. The average molecular weight is 430 g/mol. The molecule has 2 aromatic carbocycles. The van der Waals surface area contributed by atoms with Gasteiger partial charge in [-0.2, -0.15) is 0 Å². The average Bonchev–Trinajstić information content (AvgIpc) is 2.73. The highest BCUT2D eigenvalue weighted by Gasteiger charge is 2.32. The lowest BCUT2D eigenvalue weighted by atomic mass is 10.0. The Hall–Kier alpha value is -2.80. The van der Waals surface area contributed by atoms with Crippen molar-refractivity contribution in [1.29, 1.82) is 0 Å². The second-order valence-electron chi connectivity index (χ2n) is 8.32. The molecule has 0 aromatic heterocycles. The third-order valence-electron chi connectivity index (χ3n) is 5.75. The van der Waals surface area contributed by atoms with Crippen molar-refractivity contribution in [3.63, 3.8) is 0 Å². The van der Waals surface area contributed by atoms with Gasteiger partial charge in [0, 0.05) is 32.7 Å². The summed E-state index contributed by atoms with van der Waals surface area (Å²) >= 11 is 0. The van der Waals surface area contributed by atoms with Gasteiger partial charge in [-0.05, 0) is 36.1 Å². The molecule has 166 valence electrons. The van der Waals surface area contributed by atoms with Crippen LogP contribution in [0.5, 0.6) is 0 Å². The first-order valence-electron chi connectivity index (χ1n) is 10.6. The number of carbonyl (C=O) groups is 2. The van der Waals surface area contributed by atoms with Crippen LogP contribution in [0.2, 0.25) is 0 Å². The van der Waals surface area contributed by atoms with Gasteiger partial charge in [0.15, 0.2) is 0 Å². The fourth-order valence-electron chi connectivity index (χ4n) is 3.79. The monoisotopic (exact) mass is 429 g/mol. The molecule has 1 unspecified atom stereocenters. The molecule has 1 heterocycles. The molecule has 31 heavy (non-hydrogen) atoms. The first-order valence-corrected chi connectivity index (χ1v) is 10.6. The predicted octanol–water partition coefficient (Wildman–Crippen LogP) is 3.37. The molecule has 1 fully saturated rings. The van der Waals surface area contributed by atoms with Gasteiger partial charge in [-0.25, -0.2) is 8.78 Å². The summed E-state index contributed by atoms with van der Waals surface area (Å²) in [5, 5.41) is 2.55. The van der Waals surface area contributed by atoms with Crippen molar-refractivity contribution in [3.05, 3.63) is 70.8 Å². The fraction of sp³-hybridized carbons (Fsp3) is 0.417. The molecule has 2 aromatic rings. The summed E-state index contributed by atoms with van der Waals surface area (Å²) in [6, 6.07) is 10.6. The standard InChI is InChI=1S/C24H29F2N3O2/c1-16(2)22(27-23(30)21-19(25)9-6-10-20(21)26)24(31)29-13-11-28(12-14-29)15-18-8-5-4-7-17(18)3/h4-10,16,22H,11-15H2,1-3H3,(H,27,30). The lowest BCUT2D eigenvalue weighted by Crippen LogP contribution is -2.56. The lowest BCUT2D eigenvalue weighted by molar-refractivity contribution is -0.136. The summed E-state index contributed by atoms with van der Waals surface area (Å²) in [5.41, 5.74) is 1.84. The number of piperazine rings is 1. The van der Waals surface area contributed by atoms with E-state index in [1.807, 2.05) is 12.1 Å². The maximum Gasteiger partial charge on any atom is 0.257 e. The maximum absolute atomic E-state index is 14.0. The Morgan fingerprint density at radius 1 is 0.968 bits per heavy atom. The SMILES string of the molecule is Cc1ccccc1CN1CCN(C(=O)C(NC(=O)c2c(F)cccc2F)C(C)C)CC1. The van der Waals surface area contributed by atoms with Crippen LogP contribution in [-0.4, -0.2) is 53.8 Å². The van der Waals surface area contributed by atoms with Crippen LogP contribution in [0.4, 0.5) is 8.78 Å². The fourth-order valence-corrected chi connectivity index (χ4v) is 3.79. The first kappa shape index (κ1) is 22.9. The number of amides is 2. The molecular formula is C24H29F2N3O2. The van der Waals surface area contributed by atoms with Gasteiger partial charge < -0.3 is 10.2 Å². The number of hydrogen-bond donors (Lipinski definition) is 1. The van der Waals surface area contributed by atoms with Gasteiger partial charge in [0.25, 0.3) is 5.91 Å². The number of carbonyl (C=O) groups excluding carboxylic acids is 2. The van der Waals surface area contributed by atoms with Crippen molar-refractivity contribution in [2.45, 2.75) is 33.4 Å². The molecule has 0 aliphatic carbocycles. The molecule has 1 aliphatic heterocycles. The molecule has 0 saturated carbocycles. The van der Waals surface area contributed by atoms with Crippen molar-refractivity contribution >= 4 is 11.8 Å². The molecular weight excluding hydrogens is 400 g/mol. The van der Waals surface area contributed by atoms with Gasteiger partial charge in [0.2, 0.25) is 5.91 Å². The van der Waals surface area contributed by atoms with Crippen LogP contribution in [0, 0.1) is 24.5 Å². The smallest absolute Gasteiger partial charge is 0.257 e. The van der Waals surface area contributed by atoms with Gasteiger partial charge in [0.1, 0.15) is 23.2 Å². The van der Waals surface area contributed by atoms with Crippen LogP contribution in [0.15, 0.2) is 42.5 Å². The molecule has 1 atom stereocenters. The van der Waals surface area contributed by atoms with E-state index in [4.69, 9.17) is 0 Å². The van der Waals surface area contributed by atoms with E-state index in [9.17, 15) is 18.4 Å².